The number of piperazine rings is 1. The molecule has 4 heterocycles. The lowest BCUT2D eigenvalue weighted by molar-refractivity contribution is 0.290. The lowest BCUT2D eigenvalue weighted by atomic mass is 9.95. The molecule has 1 N–H and O–H groups in total. The van der Waals surface area contributed by atoms with Gasteiger partial charge in [0.2, 0.25) is 11.8 Å². The standard InChI is InChI=1S/C22H23N5O2/c1-14-12-27(8-7-23-14)20-6-5-19-18-4-3-15(9-17(18)13-29-22(19)25-20)16-10-21(28-2)26-24-11-16/h3-6,9-11,14,23H,7-8,12-13H2,1-2H3. The molecule has 1 aromatic carbocycles. The number of nitrogens with zero attached hydrogens (tertiary/aromatic N) is 4. The first-order chi connectivity index (χ1) is 14.2. The number of aromatic nitrogens is 3. The maximum Gasteiger partial charge on any atom is 0.233 e. The molecule has 2 aliphatic heterocycles. The van der Waals surface area contributed by atoms with Gasteiger partial charge in [0.25, 0.3) is 0 Å². The Morgan fingerprint density at radius 2 is 2.03 bits per heavy atom. The highest BCUT2D eigenvalue weighted by atomic mass is 16.5. The van der Waals surface area contributed by atoms with E-state index < -0.39 is 0 Å². The molecule has 0 radical (unpaired) electrons. The van der Waals surface area contributed by atoms with Gasteiger partial charge in [0.1, 0.15) is 12.4 Å². The summed E-state index contributed by atoms with van der Waals surface area (Å²) in [4.78, 5) is 7.13. The number of anilines is 1. The van der Waals surface area contributed by atoms with E-state index in [1.165, 1.54) is 0 Å². The molecule has 29 heavy (non-hydrogen) atoms. The predicted octanol–water partition coefficient (Wildman–Crippen LogP) is 2.90. The van der Waals surface area contributed by atoms with Crippen molar-refractivity contribution in [2.75, 3.05) is 31.6 Å². The van der Waals surface area contributed by atoms with Crippen LogP contribution >= 0.6 is 0 Å². The molecule has 0 amide bonds. The van der Waals surface area contributed by atoms with Gasteiger partial charge < -0.3 is 19.7 Å². The van der Waals surface area contributed by atoms with Gasteiger partial charge in [-0.1, -0.05) is 12.1 Å². The molecule has 7 heteroatoms. The zero-order valence-corrected chi connectivity index (χ0v) is 16.6. The molecule has 148 valence electrons. The molecule has 2 aliphatic rings. The number of hydrogen-bond acceptors (Lipinski definition) is 7. The molecule has 1 unspecified atom stereocenters. The minimum absolute atomic E-state index is 0.461. The SMILES string of the molecule is COc1cc(-c2ccc3c(c2)COc2nc(N4CCNC(C)C4)ccc2-3)cnn1. The monoisotopic (exact) mass is 389 g/mol. The number of benzene rings is 1. The second kappa shape index (κ2) is 7.33. The first-order valence-corrected chi connectivity index (χ1v) is 9.84. The second-order valence-electron chi connectivity index (χ2n) is 7.47. The highest BCUT2D eigenvalue weighted by Crippen LogP contribution is 2.39. The van der Waals surface area contributed by atoms with E-state index >= 15 is 0 Å². The Bertz CT molecular complexity index is 1060. The van der Waals surface area contributed by atoms with Gasteiger partial charge in [-0.2, -0.15) is 10.1 Å². The lowest BCUT2D eigenvalue weighted by Crippen LogP contribution is -2.49. The smallest absolute Gasteiger partial charge is 0.233 e. The molecular weight excluding hydrogens is 366 g/mol. The van der Waals surface area contributed by atoms with E-state index in [1.54, 1.807) is 13.3 Å². The van der Waals surface area contributed by atoms with Gasteiger partial charge in [0.15, 0.2) is 0 Å². The van der Waals surface area contributed by atoms with Gasteiger partial charge in [0.05, 0.1) is 13.3 Å². The molecular formula is C22H23N5O2. The number of pyridine rings is 1. The fourth-order valence-corrected chi connectivity index (χ4v) is 3.97. The number of ether oxygens (including phenoxy) is 2. The maximum absolute atomic E-state index is 6.04. The predicted molar refractivity (Wildman–Crippen MR) is 111 cm³/mol. The minimum atomic E-state index is 0.461. The van der Waals surface area contributed by atoms with Gasteiger partial charge in [-0.05, 0) is 41.8 Å². The zero-order valence-electron chi connectivity index (χ0n) is 16.6. The molecule has 0 aliphatic carbocycles. The van der Waals surface area contributed by atoms with E-state index in [4.69, 9.17) is 14.5 Å². The number of methoxy groups -OCH3 is 1. The third kappa shape index (κ3) is 3.38. The largest absolute Gasteiger partial charge is 0.480 e. The molecule has 0 saturated carbocycles. The maximum atomic E-state index is 6.04. The summed E-state index contributed by atoms with van der Waals surface area (Å²) in [5, 5.41) is 11.4. The van der Waals surface area contributed by atoms with Crippen LogP contribution < -0.4 is 19.7 Å². The number of hydrogen-bond donors (Lipinski definition) is 1. The Hall–Kier alpha value is -3.19. The lowest BCUT2D eigenvalue weighted by Gasteiger charge is -2.33. The van der Waals surface area contributed by atoms with Crippen molar-refractivity contribution < 1.29 is 9.47 Å². The summed E-state index contributed by atoms with van der Waals surface area (Å²) in [6, 6.07) is 12.9. The van der Waals surface area contributed by atoms with Crippen molar-refractivity contribution in [2.45, 2.75) is 19.6 Å². The number of fused-ring (bicyclic) bond motifs is 3. The summed E-state index contributed by atoms with van der Waals surface area (Å²) in [5.41, 5.74) is 5.36. The topological polar surface area (TPSA) is 72.4 Å². The van der Waals surface area contributed by atoms with E-state index in [0.717, 1.165) is 53.3 Å². The van der Waals surface area contributed by atoms with Gasteiger partial charge in [0, 0.05) is 42.9 Å². The van der Waals surface area contributed by atoms with E-state index in [2.05, 4.69) is 57.7 Å². The Morgan fingerprint density at radius 1 is 1.14 bits per heavy atom. The Balaban J connectivity index is 1.46. The number of rotatable bonds is 3. The fourth-order valence-electron chi connectivity index (χ4n) is 3.97. The van der Waals surface area contributed by atoms with E-state index in [-0.39, 0.29) is 0 Å². The van der Waals surface area contributed by atoms with Crippen molar-refractivity contribution in [1.29, 1.82) is 0 Å². The molecule has 0 spiro atoms. The van der Waals surface area contributed by atoms with Crippen LogP contribution in [0.3, 0.4) is 0 Å². The van der Waals surface area contributed by atoms with E-state index in [1.807, 2.05) is 6.07 Å². The Kier molecular flexibility index (Phi) is 4.52. The van der Waals surface area contributed by atoms with E-state index in [0.29, 0.717) is 24.4 Å². The zero-order chi connectivity index (χ0) is 19.8. The Labute approximate surface area is 169 Å². The first-order valence-electron chi connectivity index (χ1n) is 9.84. The molecule has 1 atom stereocenters. The van der Waals surface area contributed by atoms with Crippen molar-refractivity contribution in [1.82, 2.24) is 20.5 Å². The summed E-state index contributed by atoms with van der Waals surface area (Å²) in [5.74, 6) is 2.19. The third-order valence-corrected chi connectivity index (χ3v) is 5.47. The molecule has 1 fully saturated rings. The highest BCUT2D eigenvalue weighted by Gasteiger charge is 2.23. The number of nitrogens with one attached hydrogen (secondary N) is 1. The summed E-state index contributed by atoms with van der Waals surface area (Å²) in [6.07, 6.45) is 1.74. The summed E-state index contributed by atoms with van der Waals surface area (Å²) < 4.78 is 11.2. The second-order valence-corrected chi connectivity index (χ2v) is 7.47. The average molecular weight is 389 g/mol. The highest BCUT2D eigenvalue weighted by molar-refractivity contribution is 5.78. The van der Waals surface area contributed by atoms with Gasteiger partial charge >= 0.3 is 0 Å². The van der Waals surface area contributed by atoms with Gasteiger partial charge in [-0.15, -0.1) is 5.10 Å². The molecule has 7 nitrogen and oxygen atoms in total. The quantitative estimate of drug-likeness (QED) is 0.738. The van der Waals surface area contributed by atoms with Gasteiger partial charge in [-0.25, -0.2) is 0 Å². The van der Waals surface area contributed by atoms with Crippen molar-refractivity contribution in [3.05, 3.63) is 48.2 Å². The summed E-state index contributed by atoms with van der Waals surface area (Å²) >= 11 is 0. The van der Waals surface area contributed by atoms with Crippen LogP contribution in [0.15, 0.2) is 42.6 Å². The van der Waals surface area contributed by atoms with Crippen LogP contribution in [0, 0.1) is 0 Å². The molecule has 3 aromatic rings. The van der Waals surface area contributed by atoms with Crippen LogP contribution in [0.2, 0.25) is 0 Å². The van der Waals surface area contributed by atoms with Crippen LogP contribution in [0.5, 0.6) is 11.8 Å². The van der Waals surface area contributed by atoms with Crippen molar-refractivity contribution in [3.63, 3.8) is 0 Å². The van der Waals surface area contributed by atoms with Crippen molar-refractivity contribution in [2.24, 2.45) is 0 Å². The van der Waals surface area contributed by atoms with E-state index in [9.17, 15) is 0 Å². The fraction of sp³-hybridized carbons (Fsp3) is 0.318. The summed E-state index contributed by atoms with van der Waals surface area (Å²) in [6.45, 7) is 5.58. The molecule has 1 saturated heterocycles. The minimum Gasteiger partial charge on any atom is -0.480 e. The van der Waals surface area contributed by atoms with Gasteiger partial charge in [-0.3, -0.25) is 0 Å². The molecule has 2 aromatic heterocycles. The first kappa shape index (κ1) is 17.9. The van der Waals surface area contributed by atoms with Crippen LogP contribution in [0.4, 0.5) is 5.82 Å². The van der Waals surface area contributed by atoms with Crippen LogP contribution in [0.1, 0.15) is 12.5 Å². The van der Waals surface area contributed by atoms with Crippen molar-refractivity contribution in [3.8, 4) is 34.0 Å². The van der Waals surface area contributed by atoms with Crippen molar-refractivity contribution >= 4 is 5.82 Å². The molecule has 5 rings (SSSR count). The normalized spacial score (nSPS) is 17.9. The molecule has 0 bridgehead atoms. The average Bonchev–Trinajstić information content (AvgIpc) is 2.78. The van der Waals surface area contributed by atoms with Crippen LogP contribution in [-0.4, -0.2) is 48.0 Å². The third-order valence-electron chi connectivity index (χ3n) is 5.47. The van der Waals surface area contributed by atoms with Crippen LogP contribution in [-0.2, 0) is 6.61 Å². The van der Waals surface area contributed by atoms with Crippen LogP contribution in [0.25, 0.3) is 22.3 Å². The Morgan fingerprint density at radius 3 is 2.90 bits per heavy atom. The summed E-state index contributed by atoms with van der Waals surface area (Å²) in [7, 11) is 1.59.